The van der Waals surface area contributed by atoms with Crippen molar-refractivity contribution in [2.45, 2.75) is 34.2 Å². The normalized spacial score (nSPS) is 14.4. The Bertz CT molecular complexity index is 1170. The first kappa shape index (κ1) is 20.2. The van der Waals surface area contributed by atoms with E-state index in [1.54, 1.807) is 12.3 Å². The van der Waals surface area contributed by atoms with Crippen LogP contribution in [0.2, 0.25) is 0 Å². The van der Waals surface area contributed by atoms with Crippen LogP contribution in [0, 0.1) is 27.7 Å². The summed E-state index contributed by atoms with van der Waals surface area (Å²) in [6, 6.07) is 12.0. The van der Waals surface area contributed by atoms with Crippen LogP contribution in [0.5, 0.6) is 0 Å². The highest BCUT2D eigenvalue weighted by Crippen LogP contribution is 2.24. The number of amides is 1. The quantitative estimate of drug-likeness (QED) is 0.671. The van der Waals surface area contributed by atoms with Gasteiger partial charge in [-0.3, -0.25) is 9.59 Å². The van der Waals surface area contributed by atoms with Gasteiger partial charge in [-0.1, -0.05) is 18.2 Å². The highest BCUT2D eigenvalue weighted by atomic mass is 16.2. The Morgan fingerprint density at radius 1 is 0.933 bits per heavy atom. The lowest BCUT2D eigenvalue weighted by Gasteiger charge is -2.37. The lowest BCUT2D eigenvalue weighted by molar-refractivity contribution is -0.132. The van der Waals surface area contributed by atoms with Crippen LogP contribution in [0.15, 0.2) is 47.4 Å². The number of aromatic nitrogens is 1. The van der Waals surface area contributed by atoms with Gasteiger partial charge in [0.25, 0.3) is 0 Å². The molecule has 0 radical (unpaired) electrons. The van der Waals surface area contributed by atoms with Crippen molar-refractivity contribution >= 4 is 22.5 Å². The second kappa shape index (κ2) is 7.98. The Morgan fingerprint density at radius 3 is 2.40 bits per heavy atom. The molecule has 1 fully saturated rings. The van der Waals surface area contributed by atoms with Gasteiger partial charge in [-0.05, 0) is 62.1 Å². The van der Waals surface area contributed by atoms with Crippen molar-refractivity contribution in [1.29, 1.82) is 0 Å². The molecule has 1 saturated heterocycles. The zero-order chi connectivity index (χ0) is 21.4. The smallest absolute Gasteiger partial charge is 0.242 e. The summed E-state index contributed by atoms with van der Waals surface area (Å²) in [6.45, 7) is 11.6. The molecule has 30 heavy (non-hydrogen) atoms. The first-order chi connectivity index (χ1) is 14.3. The third-order valence-corrected chi connectivity index (χ3v) is 6.28. The van der Waals surface area contributed by atoms with Gasteiger partial charge in [0.15, 0.2) is 5.43 Å². The van der Waals surface area contributed by atoms with Gasteiger partial charge in [-0.25, -0.2) is 0 Å². The average molecular weight is 404 g/mol. The molecule has 0 saturated carbocycles. The maximum atomic E-state index is 13.0. The minimum atomic E-state index is 0.00772. The SMILES string of the molecule is Cc1cc(C)c2c(=O)ccn(CC(=O)N3CCN(c4cccc(C)c4C)CC3)c2c1. The van der Waals surface area contributed by atoms with Gasteiger partial charge in [0.2, 0.25) is 5.91 Å². The lowest BCUT2D eigenvalue weighted by atomic mass is 10.1. The number of aryl methyl sites for hydroxylation is 3. The molecule has 2 heterocycles. The van der Waals surface area contributed by atoms with Crippen molar-refractivity contribution in [1.82, 2.24) is 9.47 Å². The molecular weight excluding hydrogens is 374 g/mol. The fourth-order valence-corrected chi connectivity index (χ4v) is 4.47. The van der Waals surface area contributed by atoms with E-state index in [4.69, 9.17) is 0 Å². The molecule has 2 aromatic carbocycles. The van der Waals surface area contributed by atoms with Gasteiger partial charge in [-0.15, -0.1) is 0 Å². The van der Waals surface area contributed by atoms with E-state index in [1.165, 1.54) is 16.8 Å². The maximum Gasteiger partial charge on any atom is 0.242 e. The third-order valence-electron chi connectivity index (χ3n) is 6.28. The van der Waals surface area contributed by atoms with Gasteiger partial charge in [0.05, 0.1) is 5.52 Å². The Labute approximate surface area is 177 Å². The molecular formula is C25H29N3O2. The molecule has 0 unspecified atom stereocenters. The number of fused-ring (bicyclic) bond motifs is 1. The molecule has 0 atom stereocenters. The molecule has 0 N–H and O–H groups in total. The van der Waals surface area contributed by atoms with Gasteiger partial charge in [0.1, 0.15) is 6.54 Å². The second-order valence-electron chi connectivity index (χ2n) is 8.37. The Hall–Kier alpha value is -3.08. The van der Waals surface area contributed by atoms with E-state index in [0.29, 0.717) is 18.5 Å². The number of pyridine rings is 1. The Morgan fingerprint density at radius 2 is 1.67 bits per heavy atom. The maximum absolute atomic E-state index is 13.0. The number of hydrogen-bond acceptors (Lipinski definition) is 3. The highest BCUT2D eigenvalue weighted by Gasteiger charge is 2.23. The van der Waals surface area contributed by atoms with Crippen molar-refractivity contribution in [2.75, 3.05) is 31.1 Å². The van der Waals surface area contributed by atoms with E-state index < -0.39 is 0 Å². The molecule has 4 rings (SSSR count). The number of anilines is 1. The monoisotopic (exact) mass is 403 g/mol. The molecule has 0 spiro atoms. The first-order valence-electron chi connectivity index (χ1n) is 10.5. The molecule has 0 aliphatic carbocycles. The van der Waals surface area contributed by atoms with Crippen LogP contribution >= 0.6 is 0 Å². The van der Waals surface area contributed by atoms with Crippen LogP contribution in [0.1, 0.15) is 22.3 Å². The van der Waals surface area contributed by atoms with Gasteiger partial charge >= 0.3 is 0 Å². The largest absolute Gasteiger partial charge is 0.368 e. The summed E-state index contributed by atoms with van der Waals surface area (Å²) in [5.74, 6) is 0.0970. The van der Waals surface area contributed by atoms with Crippen LogP contribution in [0.25, 0.3) is 10.9 Å². The third kappa shape index (κ3) is 3.72. The van der Waals surface area contributed by atoms with E-state index in [2.05, 4.69) is 36.9 Å². The summed E-state index contributed by atoms with van der Waals surface area (Å²) in [4.78, 5) is 29.7. The van der Waals surface area contributed by atoms with E-state index in [0.717, 1.165) is 29.7 Å². The van der Waals surface area contributed by atoms with Crippen molar-refractivity contribution < 1.29 is 4.79 Å². The number of carbonyl (C=O) groups is 1. The highest BCUT2D eigenvalue weighted by molar-refractivity contribution is 5.85. The zero-order valence-corrected chi connectivity index (χ0v) is 18.2. The fraction of sp³-hybridized carbons (Fsp3) is 0.360. The fourth-order valence-electron chi connectivity index (χ4n) is 4.47. The van der Waals surface area contributed by atoms with Crippen molar-refractivity contribution in [2.24, 2.45) is 0 Å². The van der Waals surface area contributed by atoms with Crippen LogP contribution < -0.4 is 10.3 Å². The van der Waals surface area contributed by atoms with Crippen molar-refractivity contribution in [3.63, 3.8) is 0 Å². The predicted octanol–water partition coefficient (Wildman–Crippen LogP) is 3.58. The Kier molecular flexibility index (Phi) is 5.37. The molecule has 1 aliphatic heterocycles. The number of hydrogen-bond donors (Lipinski definition) is 0. The molecule has 1 aromatic heterocycles. The van der Waals surface area contributed by atoms with E-state index >= 15 is 0 Å². The number of nitrogens with zero attached hydrogens (tertiary/aromatic N) is 3. The second-order valence-corrected chi connectivity index (χ2v) is 8.37. The van der Waals surface area contributed by atoms with E-state index in [9.17, 15) is 9.59 Å². The van der Waals surface area contributed by atoms with Gasteiger partial charge in [-0.2, -0.15) is 0 Å². The summed E-state index contributed by atoms with van der Waals surface area (Å²) in [6.07, 6.45) is 1.74. The predicted molar refractivity (Wildman–Crippen MR) is 122 cm³/mol. The number of carbonyl (C=O) groups excluding carboxylic acids is 1. The van der Waals surface area contributed by atoms with Gasteiger partial charge < -0.3 is 14.4 Å². The van der Waals surface area contributed by atoms with Crippen molar-refractivity contribution in [3.8, 4) is 0 Å². The summed E-state index contributed by atoms with van der Waals surface area (Å²) in [5.41, 5.74) is 6.76. The first-order valence-corrected chi connectivity index (χ1v) is 10.5. The molecule has 156 valence electrons. The average Bonchev–Trinajstić information content (AvgIpc) is 2.72. The summed E-state index contributed by atoms with van der Waals surface area (Å²) < 4.78 is 1.91. The van der Waals surface area contributed by atoms with Crippen LogP contribution in [0.3, 0.4) is 0 Å². The minimum Gasteiger partial charge on any atom is -0.368 e. The molecule has 5 nitrogen and oxygen atoms in total. The van der Waals surface area contributed by atoms with Crippen molar-refractivity contribution in [3.05, 3.63) is 75.1 Å². The summed E-state index contributed by atoms with van der Waals surface area (Å²) >= 11 is 0. The zero-order valence-electron chi connectivity index (χ0n) is 18.2. The molecule has 5 heteroatoms. The van der Waals surface area contributed by atoms with E-state index in [-0.39, 0.29) is 17.9 Å². The number of piperazine rings is 1. The summed E-state index contributed by atoms with van der Waals surface area (Å²) in [7, 11) is 0. The Balaban J connectivity index is 1.50. The number of benzene rings is 2. The minimum absolute atomic E-state index is 0.00772. The van der Waals surface area contributed by atoms with Gasteiger partial charge in [0, 0.05) is 49.5 Å². The summed E-state index contributed by atoms with van der Waals surface area (Å²) in [5, 5.41) is 0.704. The lowest BCUT2D eigenvalue weighted by Crippen LogP contribution is -2.49. The number of rotatable bonds is 3. The topological polar surface area (TPSA) is 45.6 Å². The van der Waals surface area contributed by atoms with E-state index in [1.807, 2.05) is 35.4 Å². The van der Waals surface area contributed by atoms with Crippen LogP contribution in [-0.2, 0) is 11.3 Å². The molecule has 3 aromatic rings. The molecule has 0 bridgehead atoms. The van der Waals surface area contributed by atoms with Crippen LogP contribution in [0.4, 0.5) is 5.69 Å². The standard InChI is InChI=1S/C25H29N3O2/c1-17-14-19(3)25-22(15-17)28(9-8-23(25)29)16-24(30)27-12-10-26(11-13-27)21-7-5-6-18(2)20(21)4/h5-9,14-15H,10-13,16H2,1-4H3. The molecule has 1 amide bonds. The van der Waals surface area contributed by atoms with Crippen LogP contribution in [-0.4, -0.2) is 41.6 Å². The molecule has 1 aliphatic rings.